The van der Waals surface area contributed by atoms with E-state index in [0.29, 0.717) is 0 Å². The molecule has 0 spiro atoms. The minimum Gasteiger partial charge on any atom is -0.251 e. The van der Waals surface area contributed by atoms with E-state index in [2.05, 4.69) is 31.2 Å². The summed E-state index contributed by atoms with van der Waals surface area (Å²) in [5, 5.41) is 0. The normalized spacial score (nSPS) is 33.2. The van der Waals surface area contributed by atoms with E-state index in [4.69, 9.17) is 0 Å². The molecule has 0 saturated heterocycles. The van der Waals surface area contributed by atoms with E-state index < -0.39 is 0 Å². The van der Waals surface area contributed by atoms with Gasteiger partial charge in [0.15, 0.2) is 0 Å². The first-order valence-corrected chi connectivity index (χ1v) is 14.9. The zero-order valence-electron chi connectivity index (χ0n) is 21.6. The van der Waals surface area contributed by atoms with Crippen LogP contribution in [0.25, 0.3) is 0 Å². The van der Waals surface area contributed by atoms with Crippen molar-refractivity contribution in [1.29, 1.82) is 0 Å². The van der Waals surface area contributed by atoms with Gasteiger partial charge in [-0.2, -0.15) is 0 Å². The number of aryl methyl sites for hydroxylation is 1. The van der Waals surface area contributed by atoms with Gasteiger partial charge in [0.1, 0.15) is 0 Å². The van der Waals surface area contributed by atoms with Crippen LogP contribution >= 0.6 is 0 Å². The van der Waals surface area contributed by atoms with E-state index in [1.807, 2.05) is 0 Å². The Kier molecular flexibility index (Phi) is 10.2. The summed E-state index contributed by atoms with van der Waals surface area (Å²) in [5.41, 5.74) is 3.11. The van der Waals surface area contributed by atoms with Crippen LogP contribution in [0.15, 0.2) is 24.3 Å². The molecule has 0 unspecified atom stereocenters. The molecular weight excluding hydrogens is 403 g/mol. The molecule has 0 amide bonds. The Bertz CT molecular complexity index is 640. The minimum absolute atomic E-state index is 0.121. The van der Waals surface area contributed by atoms with Crippen molar-refractivity contribution in [2.45, 2.75) is 128 Å². The van der Waals surface area contributed by atoms with E-state index in [0.717, 1.165) is 48.3 Å². The van der Waals surface area contributed by atoms with Gasteiger partial charge in [-0.05, 0) is 124 Å². The third-order valence-electron chi connectivity index (χ3n) is 10.0. The topological polar surface area (TPSA) is 0 Å². The van der Waals surface area contributed by atoms with Crippen LogP contribution in [0.5, 0.6) is 0 Å². The standard InChI is InChI=1S/C32H51F/c1-2-6-25-8-12-27(13-9-25)29-16-20-31(21-17-29)32-22-18-30(19-23-32)28-14-10-26(11-15-28)7-4-3-5-24-33/h8-9,12-13,26,28-32H,2-7,10-11,14-24H2,1H3. The van der Waals surface area contributed by atoms with Gasteiger partial charge in [-0.25, -0.2) is 0 Å². The molecule has 0 bridgehead atoms. The van der Waals surface area contributed by atoms with E-state index in [9.17, 15) is 4.39 Å². The monoisotopic (exact) mass is 454 g/mol. The van der Waals surface area contributed by atoms with E-state index in [1.165, 1.54) is 108 Å². The van der Waals surface area contributed by atoms with Crippen LogP contribution < -0.4 is 0 Å². The molecule has 3 aliphatic rings. The number of hydrogen-bond acceptors (Lipinski definition) is 0. The molecule has 1 aromatic rings. The van der Waals surface area contributed by atoms with Gasteiger partial charge < -0.3 is 0 Å². The summed E-state index contributed by atoms with van der Waals surface area (Å²) in [4.78, 5) is 0. The smallest absolute Gasteiger partial charge is 0.0894 e. The average Bonchev–Trinajstić information content (AvgIpc) is 2.88. The molecule has 33 heavy (non-hydrogen) atoms. The third kappa shape index (κ3) is 7.32. The van der Waals surface area contributed by atoms with Gasteiger partial charge in [0.25, 0.3) is 0 Å². The Labute approximate surface area is 204 Å². The third-order valence-corrected chi connectivity index (χ3v) is 10.0. The summed E-state index contributed by atoms with van der Waals surface area (Å²) in [5.74, 6) is 5.88. The van der Waals surface area contributed by atoms with Gasteiger partial charge in [0.2, 0.25) is 0 Å². The number of hydrogen-bond donors (Lipinski definition) is 0. The molecule has 186 valence electrons. The van der Waals surface area contributed by atoms with Crippen LogP contribution in [-0.4, -0.2) is 6.67 Å². The molecule has 0 radical (unpaired) electrons. The second kappa shape index (κ2) is 13.3. The molecule has 0 N–H and O–H groups in total. The maximum absolute atomic E-state index is 12.3. The Hall–Kier alpha value is -0.850. The van der Waals surface area contributed by atoms with Crippen LogP contribution in [-0.2, 0) is 6.42 Å². The minimum atomic E-state index is -0.121. The van der Waals surface area contributed by atoms with Gasteiger partial charge in [-0.1, -0.05) is 69.7 Å². The number of unbranched alkanes of at least 4 members (excludes halogenated alkanes) is 2. The maximum Gasteiger partial charge on any atom is 0.0894 e. The first-order valence-electron chi connectivity index (χ1n) is 14.9. The molecule has 0 nitrogen and oxygen atoms in total. The zero-order valence-corrected chi connectivity index (χ0v) is 21.6. The summed E-state index contributed by atoms with van der Waals surface area (Å²) < 4.78 is 12.3. The maximum atomic E-state index is 12.3. The molecule has 3 saturated carbocycles. The highest BCUT2D eigenvalue weighted by Crippen LogP contribution is 2.47. The van der Waals surface area contributed by atoms with E-state index in [-0.39, 0.29) is 6.67 Å². The fraction of sp³-hybridized carbons (Fsp3) is 0.812. The lowest BCUT2D eigenvalue weighted by Crippen LogP contribution is -2.29. The molecule has 1 aromatic carbocycles. The van der Waals surface area contributed by atoms with Crippen molar-refractivity contribution in [3.05, 3.63) is 35.4 Å². The van der Waals surface area contributed by atoms with Crippen molar-refractivity contribution < 1.29 is 4.39 Å². The highest BCUT2D eigenvalue weighted by atomic mass is 19.1. The molecule has 0 atom stereocenters. The quantitative estimate of drug-likeness (QED) is 0.308. The van der Waals surface area contributed by atoms with Crippen molar-refractivity contribution in [2.75, 3.05) is 6.67 Å². The van der Waals surface area contributed by atoms with Gasteiger partial charge in [-0.15, -0.1) is 0 Å². The largest absolute Gasteiger partial charge is 0.251 e. The van der Waals surface area contributed by atoms with Crippen molar-refractivity contribution in [2.24, 2.45) is 29.6 Å². The first kappa shape index (κ1) is 25.2. The van der Waals surface area contributed by atoms with E-state index in [1.54, 1.807) is 5.56 Å². The van der Waals surface area contributed by atoms with Gasteiger partial charge in [-0.3, -0.25) is 4.39 Å². The highest BCUT2D eigenvalue weighted by Gasteiger charge is 2.34. The number of benzene rings is 1. The number of halogens is 1. The van der Waals surface area contributed by atoms with Gasteiger partial charge >= 0.3 is 0 Å². The van der Waals surface area contributed by atoms with Crippen molar-refractivity contribution in [3.8, 4) is 0 Å². The lowest BCUT2D eigenvalue weighted by atomic mass is 9.64. The van der Waals surface area contributed by atoms with Gasteiger partial charge in [0, 0.05) is 0 Å². The summed E-state index contributed by atoms with van der Waals surface area (Å²) in [6.07, 6.45) is 24.8. The first-order chi connectivity index (χ1) is 16.3. The summed E-state index contributed by atoms with van der Waals surface area (Å²) in [6.45, 7) is 2.15. The summed E-state index contributed by atoms with van der Waals surface area (Å²) in [6, 6.07) is 9.62. The van der Waals surface area contributed by atoms with Crippen LogP contribution in [0.3, 0.4) is 0 Å². The van der Waals surface area contributed by atoms with Crippen LogP contribution in [0.1, 0.15) is 133 Å². The number of alkyl halides is 1. The second-order valence-electron chi connectivity index (χ2n) is 12.1. The van der Waals surface area contributed by atoms with Crippen molar-refractivity contribution in [3.63, 3.8) is 0 Å². The molecule has 0 heterocycles. The summed E-state index contributed by atoms with van der Waals surface area (Å²) in [7, 11) is 0. The van der Waals surface area contributed by atoms with E-state index >= 15 is 0 Å². The predicted octanol–water partition coefficient (Wildman–Crippen LogP) is 10.1. The molecular formula is C32H51F. The average molecular weight is 455 g/mol. The summed E-state index contributed by atoms with van der Waals surface area (Å²) >= 11 is 0. The van der Waals surface area contributed by atoms with Gasteiger partial charge in [0.05, 0.1) is 6.67 Å². The van der Waals surface area contributed by atoms with Crippen LogP contribution in [0.4, 0.5) is 4.39 Å². The van der Waals surface area contributed by atoms with Crippen molar-refractivity contribution in [1.82, 2.24) is 0 Å². The van der Waals surface area contributed by atoms with Crippen LogP contribution in [0, 0.1) is 29.6 Å². The Morgan fingerprint density at radius 2 is 1.15 bits per heavy atom. The molecule has 4 rings (SSSR count). The molecule has 1 heteroatoms. The van der Waals surface area contributed by atoms with Crippen molar-refractivity contribution >= 4 is 0 Å². The lowest BCUT2D eigenvalue weighted by molar-refractivity contribution is 0.108. The predicted molar refractivity (Wildman–Crippen MR) is 140 cm³/mol. The lowest BCUT2D eigenvalue weighted by Gasteiger charge is -2.41. The Morgan fingerprint density at radius 3 is 1.67 bits per heavy atom. The molecule has 3 aliphatic carbocycles. The fourth-order valence-corrected chi connectivity index (χ4v) is 7.91. The zero-order chi connectivity index (χ0) is 22.9. The fourth-order valence-electron chi connectivity index (χ4n) is 7.91. The molecule has 3 fully saturated rings. The highest BCUT2D eigenvalue weighted by molar-refractivity contribution is 5.26. The molecule has 0 aliphatic heterocycles. The Morgan fingerprint density at radius 1 is 0.636 bits per heavy atom. The number of rotatable bonds is 10. The second-order valence-corrected chi connectivity index (χ2v) is 12.1. The SMILES string of the molecule is CCCc1ccc(C2CCC(C3CCC(C4CCC(CCCCCF)CC4)CC3)CC2)cc1. The molecule has 0 aromatic heterocycles. The Balaban J connectivity index is 1.13. The van der Waals surface area contributed by atoms with Crippen LogP contribution in [0.2, 0.25) is 0 Å².